The smallest absolute Gasteiger partial charge is 0.417 e. The molecule has 1 aliphatic rings. The normalized spacial score (nSPS) is 16.0. The van der Waals surface area contributed by atoms with Crippen LogP contribution in [0.3, 0.4) is 0 Å². The molecule has 1 amide bonds. The Bertz CT molecular complexity index is 930. The maximum absolute atomic E-state index is 13.3. The van der Waals surface area contributed by atoms with Crippen LogP contribution in [0.4, 0.5) is 13.2 Å². The molecule has 1 aliphatic heterocycles. The quantitative estimate of drug-likeness (QED) is 0.757. The second-order valence-corrected chi connectivity index (χ2v) is 6.48. The minimum atomic E-state index is -4.77. The average molecular weight is 414 g/mol. The number of carbonyl (C=O) groups is 2. The molecule has 0 bridgehead atoms. The Morgan fingerprint density at radius 3 is 2.57 bits per heavy atom. The fraction of sp³-hybridized carbons (Fsp3) is 0.263. The van der Waals surface area contributed by atoms with Crippen LogP contribution in [0.25, 0.3) is 0 Å². The molecule has 0 spiro atoms. The van der Waals surface area contributed by atoms with Gasteiger partial charge in [-0.25, -0.2) is 4.79 Å². The number of hydrogen-bond acceptors (Lipinski definition) is 4. The van der Waals surface area contributed by atoms with Crippen molar-refractivity contribution in [3.05, 3.63) is 63.7 Å². The second kappa shape index (κ2) is 7.71. The maximum atomic E-state index is 13.3. The lowest BCUT2D eigenvalue weighted by atomic mass is 9.94. The number of benzene rings is 2. The zero-order valence-electron chi connectivity index (χ0n) is 14.6. The summed E-state index contributed by atoms with van der Waals surface area (Å²) in [5.74, 6) is -1.66. The third-order valence-corrected chi connectivity index (χ3v) is 4.65. The molecule has 1 unspecified atom stereocenters. The van der Waals surface area contributed by atoms with Crippen molar-refractivity contribution in [3.63, 3.8) is 0 Å². The fourth-order valence-corrected chi connectivity index (χ4v) is 3.20. The molecular formula is C19H15ClF3NO4. The van der Waals surface area contributed by atoms with Crippen LogP contribution in [0.1, 0.15) is 44.3 Å². The largest absolute Gasteiger partial charge is 0.493 e. The van der Waals surface area contributed by atoms with E-state index in [1.807, 2.05) is 0 Å². The highest BCUT2D eigenvalue weighted by Gasteiger charge is 2.38. The van der Waals surface area contributed by atoms with Crippen LogP contribution in [0.15, 0.2) is 36.4 Å². The first-order valence-electron chi connectivity index (χ1n) is 8.24. The number of nitrogens with one attached hydrogen (secondary N) is 1. The van der Waals surface area contributed by atoms with Gasteiger partial charge in [0.15, 0.2) is 0 Å². The third kappa shape index (κ3) is 3.91. The van der Waals surface area contributed by atoms with Crippen molar-refractivity contribution >= 4 is 23.5 Å². The summed E-state index contributed by atoms with van der Waals surface area (Å²) in [6.07, 6.45) is -4.45. The van der Waals surface area contributed by atoms with Gasteiger partial charge in [-0.3, -0.25) is 4.79 Å². The highest BCUT2D eigenvalue weighted by atomic mass is 35.5. The summed E-state index contributed by atoms with van der Waals surface area (Å²) >= 11 is 6.02. The molecule has 0 fully saturated rings. The minimum Gasteiger partial charge on any atom is -0.493 e. The monoisotopic (exact) mass is 413 g/mol. The van der Waals surface area contributed by atoms with Crippen molar-refractivity contribution in [1.29, 1.82) is 0 Å². The van der Waals surface area contributed by atoms with E-state index in [1.54, 1.807) is 18.2 Å². The molecule has 1 heterocycles. The molecule has 9 heteroatoms. The zero-order valence-corrected chi connectivity index (χ0v) is 15.4. The standard InChI is InChI=1S/C19H15ClF3NO4/c1-27-18(26)11-8-12-15(24-17(25)10-4-2-3-5-14(10)20)6-7-28-16(12)9-13(11)19(21,22)23/h2-5,8-9,15H,6-7H2,1H3,(H,24,25). The van der Waals surface area contributed by atoms with E-state index < -0.39 is 35.2 Å². The average Bonchev–Trinajstić information content (AvgIpc) is 2.66. The number of carbonyl (C=O) groups excluding carboxylic acids is 2. The van der Waals surface area contributed by atoms with Crippen LogP contribution in [0, 0.1) is 0 Å². The first kappa shape index (κ1) is 20.0. The maximum Gasteiger partial charge on any atom is 0.417 e. The molecule has 0 saturated carbocycles. The van der Waals surface area contributed by atoms with Gasteiger partial charge < -0.3 is 14.8 Å². The van der Waals surface area contributed by atoms with E-state index in [0.717, 1.165) is 19.2 Å². The summed E-state index contributed by atoms with van der Waals surface area (Å²) in [5.41, 5.74) is -1.30. The Labute approximate surface area is 163 Å². The highest BCUT2D eigenvalue weighted by molar-refractivity contribution is 6.33. The van der Waals surface area contributed by atoms with E-state index in [9.17, 15) is 22.8 Å². The Morgan fingerprint density at radius 2 is 1.93 bits per heavy atom. The van der Waals surface area contributed by atoms with Gasteiger partial charge in [-0.05, 0) is 24.3 Å². The number of alkyl halides is 3. The van der Waals surface area contributed by atoms with Gasteiger partial charge >= 0.3 is 12.1 Å². The van der Waals surface area contributed by atoms with E-state index in [4.69, 9.17) is 16.3 Å². The van der Waals surface area contributed by atoms with Gasteiger partial charge in [0.1, 0.15) is 5.75 Å². The summed E-state index contributed by atoms with van der Waals surface area (Å²) in [7, 11) is 0.995. The van der Waals surface area contributed by atoms with Gasteiger partial charge in [0.25, 0.3) is 5.91 Å². The van der Waals surface area contributed by atoms with E-state index in [-0.39, 0.29) is 28.5 Å². The first-order chi connectivity index (χ1) is 13.2. The second-order valence-electron chi connectivity index (χ2n) is 6.07. The minimum absolute atomic E-state index is 0.0457. The predicted octanol–water partition coefficient (Wildman–Crippen LogP) is 4.40. The van der Waals surface area contributed by atoms with Crippen LogP contribution >= 0.6 is 11.6 Å². The number of amides is 1. The number of esters is 1. The predicted molar refractivity (Wildman–Crippen MR) is 94.6 cm³/mol. The van der Waals surface area contributed by atoms with E-state index in [0.29, 0.717) is 6.42 Å². The highest BCUT2D eigenvalue weighted by Crippen LogP contribution is 2.40. The van der Waals surface area contributed by atoms with Gasteiger partial charge in [-0.1, -0.05) is 23.7 Å². The van der Waals surface area contributed by atoms with Crippen LogP contribution in [0.2, 0.25) is 5.02 Å². The van der Waals surface area contributed by atoms with Crippen molar-refractivity contribution in [2.75, 3.05) is 13.7 Å². The van der Waals surface area contributed by atoms with Crippen molar-refractivity contribution in [1.82, 2.24) is 5.32 Å². The van der Waals surface area contributed by atoms with Crippen molar-refractivity contribution < 1.29 is 32.2 Å². The van der Waals surface area contributed by atoms with Gasteiger partial charge in [0.2, 0.25) is 0 Å². The van der Waals surface area contributed by atoms with E-state index >= 15 is 0 Å². The third-order valence-electron chi connectivity index (χ3n) is 4.32. The van der Waals surface area contributed by atoms with Crippen LogP contribution < -0.4 is 10.1 Å². The number of halogens is 4. The first-order valence-corrected chi connectivity index (χ1v) is 8.61. The Balaban J connectivity index is 2.00. The Kier molecular flexibility index (Phi) is 5.51. The molecule has 0 saturated heterocycles. The molecule has 3 rings (SSSR count). The van der Waals surface area contributed by atoms with Crippen molar-refractivity contribution in [3.8, 4) is 5.75 Å². The summed E-state index contributed by atoms with van der Waals surface area (Å²) < 4.78 is 49.8. The topological polar surface area (TPSA) is 64.6 Å². The lowest BCUT2D eigenvalue weighted by Gasteiger charge is -2.28. The van der Waals surface area contributed by atoms with Crippen molar-refractivity contribution in [2.45, 2.75) is 18.6 Å². The van der Waals surface area contributed by atoms with E-state index in [2.05, 4.69) is 10.1 Å². The lowest BCUT2D eigenvalue weighted by Crippen LogP contribution is -2.33. The van der Waals surface area contributed by atoms with E-state index in [1.165, 1.54) is 6.07 Å². The molecular weight excluding hydrogens is 399 g/mol. The Hall–Kier alpha value is -2.74. The molecule has 0 radical (unpaired) electrons. The number of methoxy groups -OCH3 is 1. The van der Waals surface area contributed by atoms with Crippen LogP contribution in [-0.2, 0) is 10.9 Å². The molecule has 0 aliphatic carbocycles. The summed E-state index contributed by atoms with van der Waals surface area (Å²) in [6.45, 7) is 0.106. The SMILES string of the molecule is COC(=O)c1cc2c(cc1C(F)(F)F)OCCC2NC(=O)c1ccccc1Cl. The molecule has 1 N–H and O–H groups in total. The number of fused-ring (bicyclic) bond motifs is 1. The van der Waals surface area contributed by atoms with Gasteiger partial charge in [0, 0.05) is 12.0 Å². The van der Waals surface area contributed by atoms with Gasteiger partial charge in [-0.15, -0.1) is 0 Å². The molecule has 0 aromatic heterocycles. The molecule has 28 heavy (non-hydrogen) atoms. The van der Waals surface area contributed by atoms with Crippen LogP contribution in [0.5, 0.6) is 5.75 Å². The summed E-state index contributed by atoms with van der Waals surface area (Å²) in [6, 6.07) is 7.56. The van der Waals surface area contributed by atoms with Crippen molar-refractivity contribution in [2.24, 2.45) is 0 Å². The van der Waals surface area contributed by atoms with Gasteiger partial charge in [-0.2, -0.15) is 13.2 Å². The molecule has 2 aromatic rings. The number of hydrogen-bond donors (Lipinski definition) is 1. The van der Waals surface area contributed by atoms with Crippen LogP contribution in [-0.4, -0.2) is 25.6 Å². The molecule has 148 valence electrons. The summed E-state index contributed by atoms with van der Waals surface area (Å²) in [4.78, 5) is 24.4. The summed E-state index contributed by atoms with van der Waals surface area (Å²) in [5, 5.41) is 2.98. The zero-order chi connectivity index (χ0) is 20.5. The molecule has 5 nitrogen and oxygen atoms in total. The lowest BCUT2D eigenvalue weighted by molar-refractivity contribution is -0.138. The Morgan fingerprint density at radius 1 is 1.21 bits per heavy atom. The number of ether oxygens (including phenoxy) is 2. The molecule has 2 aromatic carbocycles. The number of rotatable bonds is 3. The fourth-order valence-electron chi connectivity index (χ4n) is 2.98. The van der Waals surface area contributed by atoms with Gasteiger partial charge in [0.05, 0.1) is 41.5 Å². The molecule has 1 atom stereocenters.